The number of rotatable bonds is 5. The molecule has 0 radical (unpaired) electrons. The summed E-state index contributed by atoms with van der Waals surface area (Å²) in [4.78, 5) is 11.1. The lowest BCUT2D eigenvalue weighted by atomic mass is 10.2. The molecule has 1 N–H and O–H groups in total. The molecule has 0 aromatic carbocycles. The van der Waals surface area contributed by atoms with Crippen LogP contribution in [0, 0.1) is 0 Å². The van der Waals surface area contributed by atoms with Gasteiger partial charge in [-0.05, 0) is 27.2 Å². The summed E-state index contributed by atoms with van der Waals surface area (Å²) in [6, 6.07) is 0.171. The van der Waals surface area contributed by atoms with E-state index in [4.69, 9.17) is 4.74 Å². The zero-order valence-corrected chi connectivity index (χ0v) is 8.39. The van der Waals surface area contributed by atoms with E-state index in [2.05, 4.69) is 19.2 Å². The Morgan fingerprint density at radius 3 is 2.42 bits per heavy atom. The molecule has 3 heteroatoms. The molecule has 2 unspecified atom stereocenters. The molecule has 0 aromatic heterocycles. The van der Waals surface area contributed by atoms with Crippen LogP contribution in [0.1, 0.15) is 34.1 Å². The van der Waals surface area contributed by atoms with Gasteiger partial charge >= 0.3 is 5.97 Å². The van der Waals surface area contributed by atoms with E-state index in [0.29, 0.717) is 12.6 Å². The van der Waals surface area contributed by atoms with Gasteiger partial charge in [0, 0.05) is 6.04 Å². The molecule has 0 amide bonds. The molecule has 0 rings (SSSR count). The molecule has 0 aromatic rings. The van der Waals surface area contributed by atoms with Crippen LogP contribution < -0.4 is 5.32 Å². The maximum absolute atomic E-state index is 11.1. The topological polar surface area (TPSA) is 38.3 Å². The highest BCUT2D eigenvalue weighted by atomic mass is 16.5. The van der Waals surface area contributed by atoms with Gasteiger partial charge in [-0.3, -0.25) is 4.79 Å². The van der Waals surface area contributed by atoms with Crippen LogP contribution >= 0.6 is 0 Å². The van der Waals surface area contributed by atoms with Crippen molar-refractivity contribution in [1.29, 1.82) is 0 Å². The van der Waals surface area contributed by atoms with Gasteiger partial charge in [0.15, 0.2) is 0 Å². The molecule has 2 atom stereocenters. The number of esters is 1. The second kappa shape index (κ2) is 6.00. The van der Waals surface area contributed by atoms with Crippen LogP contribution in [0.5, 0.6) is 0 Å². The minimum absolute atomic E-state index is 0.169. The van der Waals surface area contributed by atoms with Crippen LogP contribution in [0.15, 0.2) is 0 Å². The fourth-order valence-corrected chi connectivity index (χ4v) is 0.880. The quantitative estimate of drug-likeness (QED) is 0.637. The molecule has 0 heterocycles. The summed E-state index contributed by atoms with van der Waals surface area (Å²) < 4.78 is 4.85. The Labute approximate surface area is 74.5 Å². The van der Waals surface area contributed by atoms with Gasteiger partial charge in [-0.25, -0.2) is 0 Å². The molecule has 12 heavy (non-hydrogen) atoms. The van der Waals surface area contributed by atoms with Crippen molar-refractivity contribution < 1.29 is 9.53 Å². The summed E-state index contributed by atoms with van der Waals surface area (Å²) in [6.45, 7) is 8.22. The molecule has 0 saturated heterocycles. The number of nitrogens with one attached hydrogen (secondary N) is 1. The second-order valence-electron chi connectivity index (χ2n) is 2.95. The zero-order chi connectivity index (χ0) is 9.56. The highest BCUT2D eigenvalue weighted by Crippen LogP contribution is 1.94. The van der Waals surface area contributed by atoms with Gasteiger partial charge in [-0.2, -0.15) is 0 Å². The van der Waals surface area contributed by atoms with Gasteiger partial charge in [-0.1, -0.05) is 6.92 Å². The van der Waals surface area contributed by atoms with Crippen LogP contribution in [-0.4, -0.2) is 24.7 Å². The van der Waals surface area contributed by atoms with Crippen LogP contribution in [0.4, 0.5) is 0 Å². The Hall–Kier alpha value is -0.570. The monoisotopic (exact) mass is 173 g/mol. The first-order chi connectivity index (χ1) is 5.61. The summed E-state index contributed by atoms with van der Waals surface area (Å²) in [7, 11) is 0. The maximum atomic E-state index is 11.1. The minimum atomic E-state index is -0.195. The van der Waals surface area contributed by atoms with Crippen LogP contribution in [0.25, 0.3) is 0 Å². The normalized spacial score (nSPS) is 15.3. The third-order valence-electron chi connectivity index (χ3n) is 1.79. The van der Waals surface area contributed by atoms with Gasteiger partial charge in [0.2, 0.25) is 0 Å². The summed E-state index contributed by atoms with van der Waals surface area (Å²) >= 11 is 0. The first kappa shape index (κ1) is 11.4. The molecule has 0 bridgehead atoms. The van der Waals surface area contributed by atoms with E-state index in [9.17, 15) is 4.79 Å². The van der Waals surface area contributed by atoms with Crippen LogP contribution in [0.2, 0.25) is 0 Å². The average molecular weight is 173 g/mol. The molecule has 0 aliphatic rings. The third-order valence-corrected chi connectivity index (χ3v) is 1.79. The van der Waals surface area contributed by atoms with Crippen molar-refractivity contribution in [3.8, 4) is 0 Å². The Morgan fingerprint density at radius 2 is 2.00 bits per heavy atom. The first-order valence-electron chi connectivity index (χ1n) is 4.54. The van der Waals surface area contributed by atoms with E-state index < -0.39 is 0 Å². The smallest absolute Gasteiger partial charge is 0.322 e. The predicted octanol–water partition coefficient (Wildman–Crippen LogP) is 1.33. The Bertz CT molecular complexity index is 136. The lowest BCUT2D eigenvalue weighted by Crippen LogP contribution is -2.40. The van der Waals surface area contributed by atoms with Crippen molar-refractivity contribution in [3.63, 3.8) is 0 Å². The van der Waals surface area contributed by atoms with Gasteiger partial charge in [0.05, 0.1) is 6.61 Å². The maximum Gasteiger partial charge on any atom is 0.322 e. The van der Waals surface area contributed by atoms with Crippen LogP contribution in [-0.2, 0) is 9.53 Å². The van der Waals surface area contributed by atoms with Crippen molar-refractivity contribution in [3.05, 3.63) is 0 Å². The fourth-order valence-electron chi connectivity index (χ4n) is 0.880. The highest BCUT2D eigenvalue weighted by Gasteiger charge is 2.14. The SMILES string of the molecule is CCOC(=O)C(C)NC(C)CC. The summed E-state index contributed by atoms with van der Waals surface area (Å²) in [5.74, 6) is -0.169. The summed E-state index contributed by atoms with van der Waals surface area (Å²) in [5.41, 5.74) is 0. The van der Waals surface area contributed by atoms with Crippen LogP contribution in [0.3, 0.4) is 0 Å². The molecule has 3 nitrogen and oxygen atoms in total. The lowest BCUT2D eigenvalue weighted by Gasteiger charge is -2.16. The van der Waals surface area contributed by atoms with E-state index in [1.54, 1.807) is 0 Å². The number of hydrogen-bond donors (Lipinski definition) is 1. The number of carbonyl (C=O) groups excluding carboxylic acids is 1. The predicted molar refractivity (Wildman–Crippen MR) is 49.0 cm³/mol. The molecule has 0 saturated carbocycles. The van der Waals surface area contributed by atoms with Crippen molar-refractivity contribution >= 4 is 5.97 Å². The van der Waals surface area contributed by atoms with Crippen molar-refractivity contribution in [1.82, 2.24) is 5.32 Å². The van der Waals surface area contributed by atoms with E-state index in [-0.39, 0.29) is 12.0 Å². The largest absolute Gasteiger partial charge is 0.465 e. The van der Waals surface area contributed by atoms with E-state index in [0.717, 1.165) is 6.42 Å². The molecule has 0 aliphatic heterocycles. The standard InChI is InChI=1S/C9H19NO2/c1-5-7(3)10-8(4)9(11)12-6-2/h7-8,10H,5-6H2,1-4H3. The Morgan fingerprint density at radius 1 is 1.42 bits per heavy atom. The highest BCUT2D eigenvalue weighted by molar-refractivity contribution is 5.75. The molecule has 0 fully saturated rings. The summed E-state index contributed by atoms with van der Waals surface area (Å²) in [6.07, 6.45) is 1.02. The molecule has 0 aliphatic carbocycles. The Kier molecular flexibility index (Phi) is 5.72. The number of hydrogen-bond acceptors (Lipinski definition) is 3. The number of carbonyl (C=O) groups is 1. The third kappa shape index (κ3) is 4.34. The van der Waals surface area contributed by atoms with Gasteiger partial charge in [-0.15, -0.1) is 0 Å². The Balaban J connectivity index is 3.70. The van der Waals surface area contributed by atoms with E-state index >= 15 is 0 Å². The zero-order valence-electron chi connectivity index (χ0n) is 8.39. The van der Waals surface area contributed by atoms with E-state index in [1.165, 1.54) is 0 Å². The minimum Gasteiger partial charge on any atom is -0.465 e. The van der Waals surface area contributed by atoms with Crippen molar-refractivity contribution in [2.24, 2.45) is 0 Å². The molecular formula is C9H19NO2. The molecule has 72 valence electrons. The second-order valence-corrected chi connectivity index (χ2v) is 2.95. The average Bonchev–Trinajstić information content (AvgIpc) is 2.04. The van der Waals surface area contributed by atoms with Gasteiger partial charge < -0.3 is 10.1 Å². The fraction of sp³-hybridized carbons (Fsp3) is 0.889. The lowest BCUT2D eigenvalue weighted by molar-refractivity contribution is -0.145. The van der Waals surface area contributed by atoms with Gasteiger partial charge in [0.25, 0.3) is 0 Å². The van der Waals surface area contributed by atoms with E-state index in [1.807, 2.05) is 13.8 Å². The van der Waals surface area contributed by atoms with Crippen molar-refractivity contribution in [2.45, 2.75) is 46.2 Å². The number of ether oxygens (including phenoxy) is 1. The van der Waals surface area contributed by atoms with Crippen molar-refractivity contribution in [2.75, 3.05) is 6.61 Å². The van der Waals surface area contributed by atoms with Gasteiger partial charge in [0.1, 0.15) is 6.04 Å². The molecule has 0 spiro atoms. The first-order valence-corrected chi connectivity index (χ1v) is 4.54. The molecular weight excluding hydrogens is 154 g/mol. The summed E-state index contributed by atoms with van der Waals surface area (Å²) in [5, 5.41) is 3.14.